The van der Waals surface area contributed by atoms with Crippen molar-refractivity contribution in [1.29, 1.82) is 0 Å². The summed E-state index contributed by atoms with van der Waals surface area (Å²) >= 11 is 6.03. The molecular formula is C22H21ClFN5O3S. The van der Waals surface area contributed by atoms with Gasteiger partial charge in [0.05, 0.1) is 18.2 Å². The Hall–Kier alpha value is -2.82. The average Bonchev–Trinajstić information content (AvgIpc) is 3.19. The number of nitrogens with two attached hydrogens (primary N) is 1. The maximum atomic E-state index is 15.2. The standard InChI is InChI=1S/C22H21ClFN5O3S/c1-21(2)20(25)29-22(11-32-10-17(22)33(21,30)31)15-8-14(3-4-16(15)24)28-19-18-12(5-6-26-19)7-13(23)9-27-18/h3-9,17H,10-11H2,1-2H3,(H2,25,29)(H,26,28)/t17-,22+/m1/s1. The van der Waals surface area contributed by atoms with Gasteiger partial charge in [-0.15, -0.1) is 0 Å². The molecule has 2 atom stereocenters. The highest BCUT2D eigenvalue weighted by Crippen LogP contribution is 2.47. The van der Waals surface area contributed by atoms with Crippen LogP contribution in [0.3, 0.4) is 0 Å². The Kier molecular flexibility index (Phi) is 4.89. The van der Waals surface area contributed by atoms with Gasteiger partial charge in [0.25, 0.3) is 0 Å². The monoisotopic (exact) mass is 489 g/mol. The van der Waals surface area contributed by atoms with Gasteiger partial charge in [-0.3, -0.25) is 9.98 Å². The molecule has 1 saturated heterocycles. The zero-order valence-corrected chi connectivity index (χ0v) is 19.4. The van der Waals surface area contributed by atoms with Crippen molar-refractivity contribution in [3.63, 3.8) is 0 Å². The van der Waals surface area contributed by atoms with E-state index in [0.717, 1.165) is 5.39 Å². The SMILES string of the molecule is CC1(C)C(N)=N[C@]2(c3cc(Nc4nccc5cc(Cl)cnc45)ccc3F)COC[C@H]2S1(=O)=O. The molecule has 3 N–H and O–H groups in total. The molecule has 2 aliphatic rings. The molecule has 0 unspecified atom stereocenters. The molecule has 1 fully saturated rings. The molecule has 0 saturated carbocycles. The van der Waals surface area contributed by atoms with E-state index >= 15 is 4.39 Å². The second-order valence-corrected chi connectivity index (χ2v) is 11.8. The highest BCUT2D eigenvalue weighted by Gasteiger charge is 2.62. The first-order valence-corrected chi connectivity index (χ1v) is 12.1. The summed E-state index contributed by atoms with van der Waals surface area (Å²) in [6.07, 6.45) is 3.12. The fraction of sp³-hybridized carbons (Fsp3) is 0.318. The molecule has 2 aromatic heterocycles. The van der Waals surface area contributed by atoms with Gasteiger partial charge in [-0.05, 0) is 44.2 Å². The third-order valence-corrected chi connectivity index (χ3v) is 9.52. The van der Waals surface area contributed by atoms with E-state index < -0.39 is 31.2 Å². The summed E-state index contributed by atoms with van der Waals surface area (Å²) in [5, 5.41) is 3.36. The zero-order valence-electron chi connectivity index (χ0n) is 17.8. The van der Waals surface area contributed by atoms with E-state index in [9.17, 15) is 8.42 Å². The number of hydrogen-bond donors (Lipinski definition) is 2. The number of rotatable bonds is 3. The largest absolute Gasteiger partial charge is 0.386 e. The normalized spacial score (nSPS) is 25.5. The van der Waals surface area contributed by atoms with E-state index in [4.69, 9.17) is 22.1 Å². The smallest absolute Gasteiger partial charge is 0.170 e. The number of fused-ring (bicyclic) bond motifs is 2. The number of pyridine rings is 2. The Morgan fingerprint density at radius 2 is 2.03 bits per heavy atom. The summed E-state index contributed by atoms with van der Waals surface area (Å²) in [7, 11) is -3.82. The van der Waals surface area contributed by atoms with Crippen molar-refractivity contribution in [2.24, 2.45) is 10.7 Å². The van der Waals surface area contributed by atoms with Crippen LogP contribution in [-0.2, 0) is 20.1 Å². The molecule has 0 amide bonds. The lowest BCUT2D eigenvalue weighted by Crippen LogP contribution is -2.60. The van der Waals surface area contributed by atoms with Crippen LogP contribution < -0.4 is 11.1 Å². The maximum absolute atomic E-state index is 15.2. The van der Waals surface area contributed by atoms with Crippen LogP contribution in [0.5, 0.6) is 0 Å². The number of benzene rings is 1. The first kappa shape index (κ1) is 22.0. The minimum atomic E-state index is -3.82. The zero-order chi connectivity index (χ0) is 23.6. The molecule has 8 nitrogen and oxygen atoms in total. The van der Waals surface area contributed by atoms with Crippen molar-refractivity contribution in [2.75, 3.05) is 18.5 Å². The lowest BCUT2D eigenvalue weighted by Gasteiger charge is -2.41. The number of amidine groups is 1. The predicted molar refractivity (Wildman–Crippen MR) is 125 cm³/mol. The third-order valence-electron chi connectivity index (χ3n) is 6.41. The van der Waals surface area contributed by atoms with Gasteiger partial charge in [0.2, 0.25) is 0 Å². The Balaban J connectivity index is 1.63. The number of anilines is 2. The number of aliphatic imine (C=N–C) groups is 1. The van der Waals surface area contributed by atoms with Gasteiger partial charge >= 0.3 is 0 Å². The molecule has 0 bridgehead atoms. The van der Waals surface area contributed by atoms with E-state index in [1.54, 1.807) is 18.3 Å². The second kappa shape index (κ2) is 7.34. The maximum Gasteiger partial charge on any atom is 0.170 e. The third kappa shape index (κ3) is 3.19. The molecule has 11 heteroatoms. The van der Waals surface area contributed by atoms with Crippen molar-refractivity contribution in [1.82, 2.24) is 9.97 Å². The van der Waals surface area contributed by atoms with Crippen LogP contribution in [0.1, 0.15) is 19.4 Å². The van der Waals surface area contributed by atoms with Gasteiger partial charge < -0.3 is 15.8 Å². The van der Waals surface area contributed by atoms with Crippen molar-refractivity contribution >= 4 is 49.7 Å². The van der Waals surface area contributed by atoms with Crippen LogP contribution in [0, 0.1) is 5.82 Å². The number of aromatic nitrogens is 2. The van der Waals surface area contributed by atoms with Gasteiger partial charge in [-0.2, -0.15) is 0 Å². The fourth-order valence-corrected chi connectivity index (χ4v) is 6.61. The first-order valence-electron chi connectivity index (χ1n) is 10.2. The number of nitrogens with one attached hydrogen (secondary N) is 1. The Morgan fingerprint density at radius 3 is 2.82 bits per heavy atom. The van der Waals surface area contributed by atoms with Gasteiger partial charge in [0, 0.05) is 29.0 Å². The summed E-state index contributed by atoms with van der Waals surface area (Å²) in [4.78, 5) is 13.2. The van der Waals surface area contributed by atoms with Gasteiger partial charge in [-0.1, -0.05) is 11.6 Å². The quantitative estimate of drug-likeness (QED) is 0.579. The Morgan fingerprint density at radius 1 is 1.24 bits per heavy atom. The molecule has 0 spiro atoms. The van der Waals surface area contributed by atoms with E-state index in [1.807, 2.05) is 0 Å². The first-order chi connectivity index (χ1) is 15.6. The van der Waals surface area contributed by atoms with Crippen molar-refractivity contribution in [3.05, 3.63) is 59.1 Å². The van der Waals surface area contributed by atoms with Crippen LogP contribution in [0.2, 0.25) is 5.02 Å². The van der Waals surface area contributed by atoms with Crippen LogP contribution in [-0.4, -0.2) is 47.4 Å². The van der Waals surface area contributed by atoms with Crippen LogP contribution in [0.15, 0.2) is 47.7 Å². The summed E-state index contributed by atoms with van der Waals surface area (Å²) in [6, 6.07) is 7.86. The van der Waals surface area contributed by atoms with Crippen LogP contribution >= 0.6 is 11.6 Å². The Bertz CT molecular complexity index is 1430. The molecule has 4 heterocycles. The van der Waals surface area contributed by atoms with Crippen LogP contribution in [0.25, 0.3) is 10.9 Å². The second-order valence-electron chi connectivity index (χ2n) is 8.68. The Labute approximate surface area is 195 Å². The molecule has 5 rings (SSSR count). The number of ether oxygens (including phenoxy) is 1. The molecular weight excluding hydrogens is 469 g/mol. The van der Waals surface area contributed by atoms with Crippen molar-refractivity contribution in [3.8, 4) is 0 Å². The van der Waals surface area contributed by atoms with E-state index in [2.05, 4.69) is 20.3 Å². The summed E-state index contributed by atoms with van der Waals surface area (Å²) < 4.78 is 46.1. The highest BCUT2D eigenvalue weighted by atomic mass is 35.5. The lowest BCUT2D eigenvalue weighted by molar-refractivity contribution is 0.178. The van der Waals surface area contributed by atoms with Gasteiger partial charge in [-0.25, -0.2) is 17.8 Å². The number of nitrogens with zero attached hydrogens (tertiary/aromatic N) is 3. The minimum Gasteiger partial charge on any atom is -0.386 e. The van der Waals surface area contributed by atoms with E-state index in [-0.39, 0.29) is 24.6 Å². The summed E-state index contributed by atoms with van der Waals surface area (Å²) in [6.45, 7) is 2.82. The summed E-state index contributed by atoms with van der Waals surface area (Å²) in [5.74, 6) is -0.226. The van der Waals surface area contributed by atoms with E-state index in [1.165, 1.54) is 38.2 Å². The van der Waals surface area contributed by atoms with Gasteiger partial charge in [0.15, 0.2) is 15.7 Å². The number of halogens is 2. The lowest BCUT2D eigenvalue weighted by atomic mass is 9.87. The molecule has 0 radical (unpaired) electrons. The summed E-state index contributed by atoms with van der Waals surface area (Å²) in [5.41, 5.74) is 5.78. The van der Waals surface area contributed by atoms with Crippen molar-refractivity contribution in [2.45, 2.75) is 29.4 Å². The fourth-order valence-electron chi connectivity index (χ4n) is 4.36. The predicted octanol–water partition coefficient (Wildman–Crippen LogP) is 3.32. The topological polar surface area (TPSA) is 120 Å². The molecule has 2 aliphatic heterocycles. The number of sulfone groups is 1. The van der Waals surface area contributed by atoms with E-state index in [0.29, 0.717) is 22.0 Å². The highest BCUT2D eigenvalue weighted by molar-refractivity contribution is 7.94. The molecule has 3 aromatic rings. The molecule has 33 heavy (non-hydrogen) atoms. The molecule has 172 valence electrons. The number of hydrogen-bond acceptors (Lipinski definition) is 8. The minimum absolute atomic E-state index is 0.0705. The van der Waals surface area contributed by atoms with Gasteiger partial charge in [0.1, 0.15) is 32.7 Å². The van der Waals surface area contributed by atoms with Crippen LogP contribution in [0.4, 0.5) is 15.9 Å². The molecule has 0 aliphatic carbocycles. The average molecular weight is 490 g/mol. The van der Waals surface area contributed by atoms with Crippen molar-refractivity contribution < 1.29 is 17.5 Å². The molecule has 1 aromatic carbocycles.